The third-order valence-corrected chi connectivity index (χ3v) is 4.13. The number of hydrogen-bond donors (Lipinski definition) is 0. The Morgan fingerprint density at radius 2 is 1.85 bits per heavy atom. The lowest BCUT2D eigenvalue weighted by molar-refractivity contribution is -0.145. The first-order valence-corrected chi connectivity index (χ1v) is 8.42. The van der Waals surface area contributed by atoms with Crippen LogP contribution < -0.4 is 14.2 Å². The minimum Gasteiger partial charge on any atom is -0.493 e. The first-order valence-electron chi connectivity index (χ1n) is 8.42. The van der Waals surface area contributed by atoms with E-state index in [0.29, 0.717) is 28.4 Å². The Morgan fingerprint density at radius 3 is 2.56 bits per heavy atom. The fourth-order valence-corrected chi connectivity index (χ4v) is 2.90. The lowest BCUT2D eigenvalue weighted by atomic mass is 9.99. The van der Waals surface area contributed by atoms with Gasteiger partial charge < -0.3 is 23.7 Å². The van der Waals surface area contributed by atoms with Gasteiger partial charge in [0.25, 0.3) is 0 Å². The van der Waals surface area contributed by atoms with Gasteiger partial charge in [0.2, 0.25) is 5.75 Å². The van der Waals surface area contributed by atoms with Crippen LogP contribution in [0.5, 0.6) is 17.2 Å². The normalized spacial score (nSPS) is 12.2. The van der Waals surface area contributed by atoms with E-state index in [0.717, 1.165) is 11.1 Å². The number of methoxy groups -OCH3 is 2. The van der Waals surface area contributed by atoms with Gasteiger partial charge in [0.1, 0.15) is 6.61 Å². The summed E-state index contributed by atoms with van der Waals surface area (Å²) in [6.07, 6.45) is 0. The second kappa shape index (κ2) is 7.99. The van der Waals surface area contributed by atoms with Crippen molar-refractivity contribution in [3.8, 4) is 28.4 Å². The lowest BCUT2D eigenvalue weighted by Gasteiger charge is -2.17. The fraction of sp³-hybridized carbons (Fsp3) is 0.300. The summed E-state index contributed by atoms with van der Waals surface area (Å²) < 4.78 is 26.5. The van der Waals surface area contributed by atoms with Crippen LogP contribution in [0.15, 0.2) is 30.3 Å². The highest BCUT2D eigenvalue weighted by Crippen LogP contribution is 2.45. The highest BCUT2D eigenvalue weighted by molar-refractivity contribution is 5.94. The number of ether oxygens (including phenoxy) is 5. The molecule has 1 heterocycles. The van der Waals surface area contributed by atoms with Gasteiger partial charge in [-0.1, -0.05) is 6.07 Å². The van der Waals surface area contributed by atoms with Crippen LogP contribution in [-0.2, 0) is 20.9 Å². The number of carbonyl (C=O) groups is 2. The fourth-order valence-electron chi connectivity index (χ4n) is 2.90. The number of esters is 2. The Kier molecular flexibility index (Phi) is 5.49. The maximum atomic E-state index is 11.7. The maximum absolute atomic E-state index is 11.7. The zero-order valence-electron chi connectivity index (χ0n) is 15.4. The van der Waals surface area contributed by atoms with Gasteiger partial charge in [-0.2, -0.15) is 0 Å². The molecule has 0 saturated heterocycles. The highest BCUT2D eigenvalue weighted by Gasteiger charge is 2.24. The average molecular weight is 372 g/mol. The van der Waals surface area contributed by atoms with Crippen molar-refractivity contribution in [2.75, 3.05) is 27.4 Å². The molecule has 7 heteroatoms. The molecule has 0 aromatic heterocycles. The summed E-state index contributed by atoms with van der Waals surface area (Å²) in [7, 11) is 3.01. The van der Waals surface area contributed by atoms with Gasteiger partial charge in [0.15, 0.2) is 18.1 Å². The molecule has 1 aliphatic rings. The van der Waals surface area contributed by atoms with E-state index in [1.165, 1.54) is 14.2 Å². The molecule has 0 N–H and O–H groups in total. The molecule has 7 nitrogen and oxygen atoms in total. The molecule has 0 fully saturated rings. The van der Waals surface area contributed by atoms with Crippen LogP contribution in [-0.4, -0.2) is 39.4 Å². The van der Waals surface area contributed by atoms with E-state index < -0.39 is 5.97 Å². The molecule has 2 aromatic rings. The predicted octanol–water partition coefficient (Wildman–Crippen LogP) is 2.98. The Labute approximate surface area is 156 Å². The lowest BCUT2D eigenvalue weighted by Crippen LogP contribution is -2.15. The molecule has 0 bridgehead atoms. The van der Waals surface area contributed by atoms with E-state index in [1.807, 2.05) is 6.07 Å². The van der Waals surface area contributed by atoms with E-state index in [2.05, 4.69) is 0 Å². The Hall–Kier alpha value is -3.22. The van der Waals surface area contributed by atoms with Gasteiger partial charge in [-0.05, 0) is 36.8 Å². The monoisotopic (exact) mass is 372 g/mol. The number of hydrogen-bond acceptors (Lipinski definition) is 7. The second-order valence-corrected chi connectivity index (χ2v) is 5.72. The average Bonchev–Trinajstić information content (AvgIpc) is 3.05. The second-order valence-electron chi connectivity index (χ2n) is 5.72. The minimum atomic E-state index is -0.485. The van der Waals surface area contributed by atoms with Gasteiger partial charge in [-0.25, -0.2) is 9.59 Å². The largest absolute Gasteiger partial charge is 0.493 e. The van der Waals surface area contributed by atoms with E-state index in [1.54, 1.807) is 31.2 Å². The topological polar surface area (TPSA) is 80.3 Å². The first kappa shape index (κ1) is 18.6. The number of fused-ring (bicyclic) bond motifs is 1. The molecule has 0 aliphatic carbocycles. The Bertz CT molecular complexity index is 873. The van der Waals surface area contributed by atoms with Crippen LogP contribution >= 0.6 is 0 Å². The Balaban J connectivity index is 2.03. The first-order chi connectivity index (χ1) is 13.1. The van der Waals surface area contributed by atoms with Gasteiger partial charge in [0.05, 0.1) is 26.4 Å². The third kappa shape index (κ3) is 3.67. The summed E-state index contributed by atoms with van der Waals surface area (Å²) in [5.74, 6) is 0.380. The third-order valence-electron chi connectivity index (χ3n) is 4.13. The van der Waals surface area contributed by atoms with Gasteiger partial charge in [-0.15, -0.1) is 0 Å². The van der Waals surface area contributed by atoms with Crippen molar-refractivity contribution in [1.29, 1.82) is 0 Å². The van der Waals surface area contributed by atoms with Gasteiger partial charge in [-0.3, -0.25) is 0 Å². The smallest absolute Gasteiger partial charge is 0.344 e. The molecular weight excluding hydrogens is 352 g/mol. The molecule has 0 spiro atoms. The maximum Gasteiger partial charge on any atom is 0.344 e. The summed E-state index contributed by atoms with van der Waals surface area (Å²) in [5.41, 5.74) is 2.84. The van der Waals surface area contributed by atoms with Crippen LogP contribution in [0.2, 0.25) is 0 Å². The van der Waals surface area contributed by atoms with Crippen molar-refractivity contribution in [3.63, 3.8) is 0 Å². The van der Waals surface area contributed by atoms with E-state index in [4.69, 9.17) is 23.7 Å². The summed E-state index contributed by atoms with van der Waals surface area (Å²) in [5, 5.41) is 0. The molecule has 0 radical (unpaired) electrons. The summed E-state index contributed by atoms with van der Waals surface area (Å²) in [4.78, 5) is 23.4. The number of rotatable bonds is 7. The SMILES string of the molecule is CCOC(=O)COc1c(-c2ccc3c(c2)COC3=O)ccc(OC)c1OC. The molecule has 0 amide bonds. The number of benzene rings is 2. The quantitative estimate of drug-likeness (QED) is 0.691. The van der Waals surface area contributed by atoms with Crippen LogP contribution in [0, 0.1) is 0 Å². The van der Waals surface area contributed by atoms with Crippen molar-refractivity contribution in [3.05, 3.63) is 41.5 Å². The highest BCUT2D eigenvalue weighted by atomic mass is 16.6. The summed E-state index contributed by atoms with van der Waals surface area (Å²) >= 11 is 0. The Morgan fingerprint density at radius 1 is 1.07 bits per heavy atom. The zero-order chi connectivity index (χ0) is 19.4. The van der Waals surface area contributed by atoms with Crippen LogP contribution in [0.4, 0.5) is 0 Å². The molecule has 2 aromatic carbocycles. The summed E-state index contributed by atoms with van der Waals surface area (Å²) in [6, 6.07) is 8.93. The molecular formula is C20H20O7. The molecule has 0 atom stereocenters. The van der Waals surface area contributed by atoms with E-state index in [9.17, 15) is 9.59 Å². The predicted molar refractivity (Wildman–Crippen MR) is 96.2 cm³/mol. The van der Waals surface area contributed by atoms with E-state index in [-0.39, 0.29) is 25.8 Å². The molecule has 1 aliphatic heterocycles. The van der Waals surface area contributed by atoms with Crippen LogP contribution in [0.3, 0.4) is 0 Å². The molecule has 3 rings (SSSR count). The standard InChI is InChI=1S/C20H20O7/c1-4-25-17(21)11-26-18-14(7-8-16(23-2)19(18)24-3)12-5-6-15-13(9-12)10-27-20(15)22/h5-9H,4,10-11H2,1-3H3. The number of carbonyl (C=O) groups excluding carboxylic acids is 2. The summed E-state index contributed by atoms with van der Waals surface area (Å²) in [6.45, 7) is 1.96. The van der Waals surface area contributed by atoms with Crippen molar-refractivity contribution >= 4 is 11.9 Å². The molecule has 142 valence electrons. The molecule has 27 heavy (non-hydrogen) atoms. The molecule has 0 unspecified atom stereocenters. The van der Waals surface area contributed by atoms with Crippen molar-refractivity contribution in [1.82, 2.24) is 0 Å². The van der Waals surface area contributed by atoms with Crippen LogP contribution in [0.1, 0.15) is 22.8 Å². The van der Waals surface area contributed by atoms with Crippen molar-refractivity contribution in [2.45, 2.75) is 13.5 Å². The van der Waals surface area contributed by atoms with Crippen molar-refractivity contribution in [2.24, 2.45) is 0 Å². The minimum absolute atomic E-state index is 0.230. The van der Waals surface area contributed by atoms with Crippen molar-refractivity contribution < 1.29 is 33.3 Å². The van der Waals surface area contributed by atoms with Gasteiger partial charge in [0, 0.05) is 11.1 Å². The van der Waals surface area contributed by atoms with E-state index >= 15 is 0 Å². The van der Waals surface area contributed by atoms with Gasteiger partial charge >= 0.3 is 11.9 Å². The molecule has 0 saturated carbocycles. The number of cyclic esters (lactones) is 1. The zero-order valence-corrected chi connectivity index (χ0v) is 15.4. The van der Waals surface area contributed by atoms with Crippen LogP contribution in [0.25, 0.3) is 11.1 Å².